The number of furan rings is 1. The second kappa shape index (κ2) is 4.84. The summed E-state index contributed by atoms with van der Waals surface area (Å²) in [7, 11) is 1.33. The molecule has 0 fully saturated rings. The molecule has 2 heterocycles. The van der Waals surface area contributed by atoms with Gasteiger partial charge in [0.15, 0.2) is 0 Å². The fourth-order valence-electron chi connectivity index (χ4n) is 1.38. The highest BCUT2D eigenvalue weighted by molar-refractivity contribution is 7.12. The SMILES string of the molecule is COC(=O)c1sccc1-c1ccc(/C=N/O)o1. The Morgan fingerprint density at radius 2 is 2.35 bits per heavy atom. The number of carbonyl (C=O) groups is 1. The van der Waals surface area contributed by atoms with Gasteiger partial charge in [-0.15, -0.1) is 11.3 Å². The number of hydrogen-bond acceptors (Lipinski definition) is 6. The average molecular weight is 251 g/mol. The number of carbonyl (C=O) groups excluding carboxylic acids is 1. The fraction of sp³-hybridized carbons (Fsp3) is 0.0909. The smallest absolute Gasteiger partial charge is 0.348 e. The van der Waals surface area contributed by atoms with Gasteiger partial charge in [-0.3, -0.25) is 0 Å². The Hall–Kier alpha value is -2.08. The van der Waals surface area contributed by atoms with E-state index < -0.39 is 5.97 Å². The van der Waals surface area contributed by atoms with Crippen LogP contribution in [0.25, 0.3) is 11.3 Å². The largest absolute Gasteiger partial charge is 0.465 e. The van der Waals surface area contributed by atoms with Crippen LogP contribution in [0.4, 0.5) is 0 Å². The van der Waals surface area contributed by atoms with E-state index in [1.165, 1.54) is 24.7 Å². The normalized spacial score (nSPS) is 10.9. The van der Waals surface area contributed by atoms with Crippen LogP contribution in [0, 0.1) is 0 Å². The maximum atomic E-state index is 11.5. The minimum Gasteiger partial charge on any atom is -0.465 e. The maximum absolute atomic E-state index is 11.5. The Kier molecular flexibility index (Phi) is 3.24. The van der Waals surface area contributed by atoms with Gasteiger partial charge in [-0.05, 0) is 23.6 Å². The molecule has 17 heavy (non-hydrogen) atoms. The van der Waals surface area contributed by atoms with Crippen LogP contribution in [-0.4, -0.2) is 24.5 Å². The summed E-state index contributed by atoms with van der Waals surface area (Å²) in [5, 5.41) is 13.0. The molecule has 2 aromatic rings. The van der Waals surface area contributed by atoms with Gasteiger partial charge >= 0.3 is 5.97 Å². The lowest BCUT2D eigenvalue weighted by Gasteiger charge is -1.98. The van der Waals surface area contributed by atoms with E-state index in [1.807, 2.05) is 0 Å². The summed E-state index contributed by atoms with van der Waals surface area (Å²) in [5.74, 6) is 0.537. The topological polar surface area (TPSA) is 72.0 Å². The molecule has 0 aromatic carbocycles. The Labute approximate surface area is 101 Å². The zero-order valence-electron chi connectivity index (χ0n) is 8.91. The molecule has 0 saturated carbocycles. The van der Waals surface area contributed by atoms with Crippen LogP contribution in [0.5, 0.6) is 0 Å². The van der Waals surface area contributed by atoms with Crippen molar-refractivity contribution in [3.8, 4) is 11.3 Å². The molecule has 0 saturated heterocycles. The van der Waals surface area contributed by atoms with E-state index in [0.29, 0.717) is 22.0 Å². The van der Waals surface area contributed by atoms with Crippen LogP contribution in [0.3, 0.4) is 0 Å². The van der Waals surface area contributed by atoms with E-state index in [-0.39, 0.29) is 0 Å². The van der Waals surface area contributed by atoms with Gasteiger partial charge in [0.05, 0.1) is 7.11 Å². The van der Waals surface area contributed by atoms with E-state index in [9.17, 15) is 4.79 Å². The molecule has 0 aliphatic rings. The lowest BCUT2D eigenvalue weighted by atomic mass is 10.2. The Morgan fingerprint density at radius 3 is 3.06 bits per heavy atom. The molecule has 0 spiro atoms. The van der Waals surface area contributed by atoms with Gasteiger partial charge in [0, 0.05) is 5.56 Å². The predicted molar refractivity (Wildman–Crippen MR) is 62.7 cm³/mol. The zero-order valence-corrected chi connectivity index (χ0v) is 9.73. The highest BCUT2D eigenvalue weighted by Gasteiger charge is 2.17. The molecular weight excluding hydrogens is 242 g/mol. The first-order valence-electron chi connectivity index (χ1n) is 4.69. The second-order valence-corrected chi connectivity index (χ2v) is 4.02. The minimum atomic E-state index is -0.399. The molecule has 0 amide bonds. The van der Waals surface area contributed by atoms with Crippen LogP contribution in [-0.2, 0) is 4.74 Å². The lowest BCUT2D eigenvalue weighted by molar-refractivity contribution is 0.0607. The quantitative estimate of drug-likeness (QED) is 0.394. The van der Waals surface area contributed by atoms with Crippen LogP contribution in [0.15, 0.2) is 33.2 Å². The third kappa shape index (κ3) is 2.21. The molecular formula is C11H9NO4S. The van der Waals surface area contributed by atoms with E-state index >= 15 is 0 Å². The third-order valence-corrected chi connectivity index (χ3v) is 3.01. The van der Waals surface area contributed by atoms with Crippen molar-refractivity contribution >= 4 is 23.5 Å². The van der Waals surface area contributed by atoms with E-state index in [0.717, 1.165) is 0 Å². The van der Waals surface area contributed by atoms with Crippen molar-refractivity contribution in [3.05, 3.63) is 34.2 Å². The molecule has 0 atom stereocenters. The first-order chi connectivity index (χ1) is 8.26. The molecule has 88 valence electrons. The highest BCUT2D eigenvalue weighted by Crippen LogP contribution is 2.30. The van der Waals surface area contributed by atoms with Crippen molar-refractivity contribution in [2.75, 3.05) is 7.11 Å². The summed E-state index contributed by atoms with van der Waals surface area (Å²) in [6.45, 7) is 0. The van der Waals surface area contributed by atoms with Crippen molar-refractivity contribution in [2.24, 2.45) is 5.16 Å². The summed E-state index contributed by atoms with van der Waals surface area (Å²) < 4.78 is 10.1. The van der Waals surface area contributed by atoms with Gasteiger partial charge in [0.25, 0.3) is 0 Å². The first-order valence-corrected chi connectivity index (χ1v) is 5.57. The first kappa shape index (κ1) is 11.4. The maximum Gasteiger partial charge on any atom is 0.348 e. The van der Waals surface area contributed by atoms with Gasteiger partial charge in [0.2, 0.25) is 0 Å². The minimum absolute atomic E-state index is 0.399. The van der Waals surface area contributed by atoms with Gasteiger partial charge in [0.1, 0.15) is 22.6 Å². The van der Waals surface area contributed by atoms with Gasteiger partial charge in [-0.1, -0.05) is 5.16 Å². The molecule has 2 aromatic heterocycles. The summed E-state index contributed by atoms with van der Waals surface area (Å²) in [6.07, 6.45) is 1.17. The zero-order chi connectivity index (χ0) is 12.3. The fourth-order valence-corrected chi connectivity index (χ4v) is 2.19. The summed E-state index contributed by atoms with van der Waals surface area (Å²) >= 11 is 1.28. The number of methoxy groups -OCH3 is 1. The number of rotatable bonds is 3. The van der Waals surface area contributed by atoms with Crippen molar-refractivity contribution in [1.82, 2.24) is 0 Å². The Bertz CT molecular complexity index is 555. The van der Waals surface area contributed by atoms with Crippen LogP contribution < -0.4 is 0 Å². The molecule has 6 heteroatoms. The number of thiophene rings is 1. The Morgan fingerprint density at radius 1 is 1.53 bits per heavy atom. The number of hydrogen-bond donors (Lipinski definition) is 1. The molecule has 0 aliphatic heterocycles. The van der Waals surface area contributed by atoms with Crippen LogP contribution >= 0.6 is 11.3 Å². The van der Waals surface area contributed by atoms with Gasteiger partial charge < -0.3 is 14.4 Å². The number of nitrogens with zero attached hydrogens (tertiary/aromatic N) is 1. The molecule has 2 rings (SSSR count). The molecule has 0 unspecified atom stereocenters. The molecule has 5 nitrogen and oxygen atoms in total. The van der Waals surface area contributed by atoms with Crippen LogP contribution in [0.2, 0.25) is 0 Å². The average Bonchev–Trinajstić information content (AvgIpc) is 2.95. The number of ether oxygens (including phenoxy) is 1. The van der Waals surface area contributed by atoms with Crippen molar-refractivity contribution < 1.29 is 19.2 Å². The lowest BCUT2D eigenvalue weighted by Crippen LogP contribution is -1.99. The molecule has 0 radical (unpaired) electrons. The summed E-state index contributed by atoms with van der Waals surface area (Å²) in [6, 6.07) is 5.12. The number of oxime groups is 1. The Balaban J connectivity index is 2.39. The molecule has 1 N–H and O–H groups in total. The monoisotopic (exact) mass is 251 g/mol. The highest BCUT2D eigenvalue weighted by atomic mass is 32.1. The summed E-state index contributed by atoms with van der Waals surface area (Å²) in [4.78, 5) is 12.0. The van der Waals surface area contributed by atoms with E-state index in [4.69, 9.17) is 9.62 Å². The molecule has 0 bridgehead atoms. The molecule has 0 aliphatic carbocycles. The third-order valence-electron chi connectivity index (χ3n) is 2.11. The van der Waals surface area contributed by atoms with Crippen LogP contribution in [0.1, 0.15) is 15.4 Å². The standard InChI is InChI=1S/C11H9NO4S/c1-15-11(13)10-8(4-5-17-10)9-3-2-7(16-9)6-12-14/h2-6,14H,1H3/b12-6+. The van der Waals surface area contributed by atoms with E-state index in [1.54, 1.807) is 23.6 Å². The number of esters is 1. The van der Waals surface area contributed by atoms with Crippen molar-refractivity contribution in [2.45, 2.75) is 0 Å². The second-order valence-electron chi connectivity index (χ2n) is 3.10. The van der Waals surface area contributed by atoms with Gasteiger partial charge in [-0.25, -0.2) is 4.79 Å². The van der Waals surface area contributed by atoms with Gasteiger partial charge in [-0.2, -0.15) is 0 Å². The van der Waals surface area contributed by atoms with Crippen molar-refractivity contribution in [1.29, 1.82) is 0 Å². The predicted octanol–water partition coefficient (Wildman–Crippen LogP) is 2.60. The van der Waals surface area contributed by atoms with Crippen molar-refractivity contribution in [3.63, 3.8) is 0 Å². The van der Waals surface area contributed by atoms with E-state index in [2.05, 4.69) is 9.89 Å². The summed E-state index contributed by atoms with van der Waals surface area (Å²) in [5.41, 5.74) is 0.666.